The molecule has 8 rings (SSSR count). The van der Waals surface area contributed by atoms with E-state index in [1.54, 1.807) is 4.57 Å². The summed E-state index contributed by atoms with van der Waals surface area (Å²) in [6, 6.07) is 23.0. The number of nitrogens with zero attached hydrogens (tertiary/aromatic N) is 3. The van der Waals surface area contributed by atoms with E-state index in [1.807, 2.05) is 12.1 Å². The number of ether oxygens (including phenoxy) is 3. The number of H-pyrrole nitrogens is 1. The average molecular weight is 602 g/mol. The predicted molar refractivity (Wildman–Crippen MR) is 170 cm³/mol. The minimum absolute atomic E-state index is 0.0844. The zero-order valence-corrected chi connectivity index (χ0v) is 24.4. The van der Waals surface area contributed by atoms with Gasteiger partial charge in [0, 0.05) is 36.4 Å². The lowest BCUT2D eigenvalue weighted by Gasteiger charge is -2.18. The highest BCUT2D eigenvalue weighted by Crippen LogP contribution is 2.44. The normalized spacial score (nSPS) is 18.4. The van der Waals surface area contributed by atoms with E-state index >= 15 is 0 Å². The van der Waals surface area contributed by atoms with Crippen molar-refractivity contribution in [2.24, 2.45) is 0 Å². The van der Waals surface area contributed by atoms with Gasteiger partial charge >= 0.3 is 11.9 Å². The Morgan fingerprint density at radius 1 is 0.933 bits per heavy atom. The van der Waals surface area contributed by atoms with Gasteiger partial charge in [-0.05, 0) is 26.9 Å². The van der Waals surface area contributed by atoms with Gasteiger partial charge in [-0.25, -0.2) is 4.98 Å². The van der Waals surface area contributed by atoms with Crippen LogP contribution in [0.3, 0.4) is 0 Å². The third-order valence-electron chi connectivity index (χ3n) is 8.47. The highest BCUT2D eigenvalue weighted by Gasteiger charge is 2.40. The molecule has 11 heteroatoms. The number of hydrogen-bond donors (Lipinski definition) is 2. The lowest BCUT2D eigenvalue weighted by molar-refractivity contribution is -0.155. The first-order valence-corrected chi connectivity index (χ1v) is 14.6. The van der Waals surface area contributed by atoms with Crippen LogP contribution in [0.25, 0.3) is 54.3 Å². The van der Waals surface area contributed by atoms with Crippen LogP contribution in [0.1, 0.15) is 26.5 Å². The van der Waals surface area contributed by atoms with Gasteiger partial charge in [0.1, 0.15) is 25.0 Å². The number of esters is 2. The Morgan fingerprint density at radius 2 is 1.69 bits per heavy atom. The molecule has 45 heavy (non-hydrogen) atoms. The highest BCUT2D eigenvalue weighted by atomic mass is 16.6. The number of aromatic nitrogens is 4. The second-order valence-electron chi connectivity index (χ2n) is 11.3. The fourth-order valence-electron chi connectivity index (χ4n) is 6.60. The van der Waals surface area contributed by atoms with E-state index in [0.29, 0.717) is 5.65 Å². The van der Waals surface area contributed by atoms with Crippen molar-refractivity contribution in [1.82, 2.24) is 19.5 Å². The molecule has 3 heterocycles. The lowest BCUT2D eigenvalue weighted by Crippen LogP contribution is -2.31. The molecule has 0 amide bonds. The molecule has 5 aromatic carbocycles. The van der Waals surface area contributed by atoms with Gasteiger partial charge in [0.2, 0.25) is 5.95 Å². The minimum Gasteiger partial charge on any atom is -0.463 e. The Labute approximate surface area is 255 Å². The zero-order chi connectivity index (χ0) is 30.8. The molecular weight excluding hydrogens is 574 g/mol. The van der Waals surface area contributed by atoms with Crippen molar-refractivity contribution in [3.8, 4) is 0 Å². The number of benzene rings is 5. The standard InChI is InChI=1S/C34H27N5O6/c1-17(40)43-15-26-25(44-18(2)41)14-27(45-26)39-16-35-31-32(39)37-34(38-33(31)42)36-30-23-9-4-3-8-21(23)22-12-10-19-6-5-7-20-11-13-24(30)29(22)28(19)20/h3-13,16,25-27H,14-15H2,1-2H3,(H2,36,37,38,42)/t25-,26+,27+/m0/s1. The van der Waals surface area contributed by atoms with Crippen LogP contribution in [0.5, 0.6) is 0 Å². The van der Waals surface area contributed by atoms with Crippen molar-refractivity contribution in [3.05, 3.63) is 83.4 Å². The van der Waals surface area contributed by atoms with E-state index in [4.69, 9.17) is 19.2 Å². The van der Waals surface area contributed by atoms with Gasteiger partial charge in [0.05, 0.1) is 12.0 Å². The van der Waals surface area contributed by atoms with Gasteiger partial charge in [-0.2, -0.15) is 4.98 Å². The quantitative estimate of drug-likeness (QED) is 0.140. The number of carbonyl (C=O) groups is 2. The number of aromatic amines is 1. The second-order valence-corrected chi connectivity index (χ2v) is 11.3. The van der Waals surface area contributed by atoms with E-state index in [1.165, 1.54) is 25.6 Å². The number of fused-ring (bicyclic) bond motifs is 3. The Bertz CT molecular complexity index is 2350. The fraction of sp³-hybridized carbons (Fsp3) is 0.206. The van der Waals surface area contributed by atoms with Gasteiger partial charge in [0.15, 0.2) is 11.2 Å². The van der Waals surface area contributed by atoms with Crippen LogP contribution < -0.4 is 10.9 Å². The summed E-state index contributed by atoms with van der Waals surface area (Å²) in [6.07, 6.45) is -0.284. The Kier molecular flexibility index (Phi) is 6.17. The van der Waals surface area contributed by atoms with Gasteiger partial charge in [-0.1, -0.05) is 66.7 Å². The minimum atomic E-state index is -0.691. The Hall–Kier alpha value is -5.55. The molecule has 1 aliphatic rings. The van der Waals surface area contributed by atoms with Crippen LogP contribution in [-0.4, -0.2) is 50.3 Å². The molecule has 1 saturated heterocycles. The van der Waals surface area contributed by atoms with E-state index in [9.17, 15) is 14.4 Å². The fourth-order valence-corrected chi connectivity index (χ4v) is 6.60. The maximum atomic E-state index is 13.3. The molecular formula is C34H27N5O6. The number of nitrogens with one attached hydrogen (secondary N) is 2. The molecule has 11 nitrogen and oxygen atoms in total. The van der Waals surface area contributed by atoms with Gasteiger partial charge in [-0.3, -0.25) is 23.9 Å². The molecule has 3 atom stereocenters. The van der Waals surface area contributed by atoms with Crippen molar-refractivity contribution >= 4 is 77.8 Å². The van der Waals surface area contributed by atoms with Crippen LogP contribution in [0, 0.1) is 0 Å². The first-order valence-electron chi connectivity index (χ1n) is 14.6. The monoisotopic (exact) mass is 601 g/mol. The van der Waals surface area contributed by atoms with Crippen molar-refractivity contribution in [2.75, 3.05) is 11.9 Å². The number of hydrogen-bond acceptors (Lipinski definition) is 9. The van der Waals surface area contributed by atoms with E-state index in [0.717, 1.165) is 43.4 Å². The number of imidazole rings is 1. The molecule has 7 aromatic rings. The summed E-state index contributed by atoms with van der Waals surface area (Å²) in [5.74, 6) is -0.713. The third-order valence-corrected chi connectivity index (χ3v) is 8.47. The second kappa shape index (κ2) is 10.3. The third kappa shape index (κ3) is 4.42. The van der Waals surface area contributed by atoms with E-state index in [2.05, 4.69) is 69.9 Å². The SMILES string of the molecule is CC(=O)OC[C@H]1O[C@@H](n2cnc3c(=O)[nH]c(Nc4c5ccccc5c5ccc6cccc7ccc4c5c76)nc32)C[C@@H]1OC(C)=O. The Morgan fingerprint density at radius 3 is 2.44 bits per heavy atom. The molecule has 224 valence electrons. The summed E-state index contributed by atoms with van der Waals surface area (Å²) < 4.78 is 18.4. The molecule has 0 aliphatic carbocycles. The molecule has 0 saturated carbocycles. The molecule has 0 unspecified atom stereocenters. The lowest BCUT2D eigenvalue weighted by atomic mass is 9.90. The van der Waals surface area contributed by atoms with Gasteiger partial charge in [0.25, 0.3) is 5.56 Å². The van der Waals surface area contributed by atoms with Crippen LogP contribution in [0.2, 0.25) is 0 Å². The van der Waals surface area contributed by atoms with Gasteiger partial charge < -0.3 is 19.5 Å². The molecule has 0 radical (unpaired) electrons. The van der Waals surface area contributed by atoms with Crippen molar-refractivity contribution in [2.45, 2.75) is 38.7 Å². The largest absolute Gasteiger partial charge is 0.463 e. The number of carbonyl (C=O) groups excluding carboxylic acids is 2. The van der Waals surface area contributed by atoms with E-state index in [-0.39, 0.29) is 24.5 Å². The van der Waals surface area contributed by atoms with Crippen LogP contribution in [0.4, 0.5) is 11.6 Å². The van der Waals surface area contributed by atoms with Crippen molar-refractivity contribution in [3.63, 3.8) is 0 Å². The first-order chi connectivity index (χ1) is 21.9. The molecule has 2 N–H and O–H groups in total. The summed E-state index contributed by atoms with van der Waals surface area (Å²) in [7, 11) is 0. The highest BCUT2D eigenvalue weighted by molar-refractivity contribution is 6.33. The maximum absolute atomic E-state index is 13.3. The molecule has 0 spiro atoms. The summed E-state index contributed by atoms with van der Waals surface area (Å²) in [5.41, 5.74) is 0.826. The topological polar surface area (TPSA) is 137 Å². The zero-order valence-electron chi connectivity index (χ0n) is 24.4. The average Bonchev–Trinajstić information content (AvgIpc) is 3.63. The van der Waals surface area contributed by atoms with Crippen LogP contribution >= 0.6 is 0 Å². The van der Waals surface area contributed by atoms with Crippen molar-refractivity contribution in [1.29, 1.82) is 0 Å². The van der Waals surface area contributed by atoms with Crippen molar-refractivity contribution < 1.29 is 23.8 Å². The summed E-state index contributed by atoms with van der Waals surface area (Å²) in [6.45, 7) is 2.52. The maximum Gasteiger partial charge on any atom is 0.303 e. The first kappa shape index (κ1) is 27.0. The molecule has 2 aromatic heterocycles. The summed E-state index contributed by atoms with van der Waals surface area (Å²) in [4.78, 5) is 48.5. The summed E-state index contributed by atoms with van der Waals surface area (Å²) >= 11 is 0. The van der Waals surface area contributed by atoms with E-state index < -0.39 is 35.9 Å². The molecule has 0 bridgehead atoms. The Balaban J connectivity index is 1.24. The smallest absolute Gasteiger partial charge is 0.303 e. The summed E-state index contributed by atoms with van der Waals surface area (Å²) in [5, 5.41) is 12.3. The number of anilines is 2. The predicted octanol–water partition coefficient (Wildman–Crippen LogP) is 5.70. The van der Waals surface area contributed by atoms with Crippen LogP contribution in [0.15, 0.2) is 77.9 Å². The van der Waals surface area contributed by atoms with Crippen LogP contribution in [-0.2, 0) is 23.8 Å². The molecule has 1 fully saturated rings. The molecule has 1 aliphatic heterocycles. The van der Waals surface area contributed by atoms with Gasteiger partial charge in [-0.15, -0.1) is 0 Å². The number of rotatable bonds is 6.